The van der Waals surface area contributed by atoms with Crippen molar-refractivity contribution in [1.82, 2.24) is 4.90 Å². The predicted molar refractivity (Wildman–Crippen MR) is 84.7 cm³/mol. The van der Waals surface area contributed by atoms with E-state index in [0.717, 1.165) is 25.9 Å². The molecule has 23 heavy (non-hydrogen) atoms. The third-order valence-corrected chi connectivity index (χ3v) is 3.78. The number of rotatable bonds is 4. The molecule has 0 N–H and O–H groups in total. The molecule has 1 fully saturated rings. The van der Waals surface area contributed by atoms with Gasteiger partial charge < -0.3 is 9.64 Å². The Bertz CT molecular complexity index is 704. The molecule has 0 spiro atoms. The van der Waals surface area contributed by atoms with E-state index in [-0.39, 0.29) is 11.6 Å². The van der Waals surface area contributed by atoms with Crippen LogP contribution in [0.1, 0.15) is 23.2 Å². The average Bonchev–Trinajstić information content (AvgIpc) is 3.10. The summed E-state index contributed by atoms with van der Waals surface area (Å²) in [5, 5.41) is 10.6. The Morgan fingerprint density at radius 3 is 2.00 bits per heavy atom. The lowest BCUT2D eigenvalue weighted by Gasteiger charge is -2.15. The third kappa shape index (κ3) is 3.48. The minimum absolute atomic E-state index is 0.0175. The molecule has 0 saturated carbocycles. The Morgan fingerprint density at radius 1 is 0.957 bits per heavy atom. The van der Waals surface area contributed by atoms with Gasteiger partial charge >= 0.3 is 0 Å². The van der Waals surface area contributed by atoms with E-state index in [0.29, 0.717) is 17.1 Å². The number of carbonyl (C=O) groups is 1. The average molecular weight is 312 g/mol. The zero-order chi connectivity index (χ0) is 16.2. The van der Waals surface area contributed by atoms with E-state index in [1.54, 1.807) is 36.4 Å². The predicted octanol–water partition coefficient (Wildman–Crippen LogP) is 3.62. The molecule has 1 heterocycles. The van der Waals surface area contributed by atoms with Crippen LogP contribution in [0.25, 0.3) is 0 Å². The molecular formula is C17H16N2O4. The first kappa shape index (κ1) is 15.0. The molecule has 6 nitrogen and oxygen atoms in total. The van der Waals surface area contributed by atoms with Gasteiger partial charge in [-0.15, -0.1) is 0 Å². The fourth-order valence-electron chi connectivity index (χ4n) is 2.54. The lowest BCUT2D eigenvalue weighted by Crippen LogP contribution is -2.27. The van der Waals surface area contributed by atoms with Crippen molar-refractivity contribution in [3.05, 3.63) is 64.2 Å². The summed E-state index contributed by atoms with van der Waals surface area (Å²) in [6.07, 6.45) is 2.13. The van der Waals surface area contributed by atoms with Gasteiger partial charge in [0.25, 0.3) is 11.6 Å². The first-order valence-corrected chi connectivity index (χ1v) is 7.45. The number of non-ortho nitro benzene ring substituents is 1. The van der Waals surface area contributed by atoms with Gasteiger partial charge in [0.2, 0.25) is 0 Å². The van der Waals surface area contributed by atoms with Crippen molar-refractivity contribution < 1.29 is 14.5 Å². The van der Waals surface area contributed by atoms with Crippen molar-refractivity contribution in [2.24, 2.45) is 0 Å². The molecule has 1 amide bonds. The molecule has 1 aliphatic heterocycles. The highest BCUT2D eigenvalue weighted by Gasteiger charge is 2.19. The molecule has 1 saturated heterocycles. The lowest BCUT2D eigenvalue weighted by atomic mass is 10.2. The van der Waals surface area contributed by atoms with Crippen molar-refractivity contribution in [3.8, 4) is 11.5 Å². The van der Waals surface area contributed by atoms with E-state index in [9.17, 15) is 14.9 Å². The minimum Gasteiger partial charge on any atom is -0.457 e. The summed E-state index contributed by atoms with van der Waals surface area (Å²) in [5.74, 6) is 1.13. The number of hydrogen-bond acceptors (Lipinski definition) is 4. The molecule has 6 heteroatoms. The molecule has 2 aromatic rings. The van der Waals surface area contributed by atoms with Crippen LogP contribution in [0.2, 0.25) is 0 Å². The van der Waals surface area contributed by atoms with E-state index in [2.05, 4.69) is 0 Å². The quantitative estimate of drug-likeness (QED) is 0.638. The fraction of sp³-hybridized carbons (Fsp3) is 0.235. The summed E-state index contributed by atoms with van der Waals surface area (Å²) in [6, 6.07) is 12.8. The number of nitro groups is 1. The Morgan fingerprint density at radius 2 is 1.48 bits per heavy atom. The summed E-state index contributed by atoms with van der Waals surface area (Å²) >= 11 is 0. The van der Waals surface area contributed by atoms with Crippen LogP contribution in [0.15, 0.2) is 48.5 Å². The number of nitro benzene ring substituents is 1. The molecule has 118 valence electrons. The number of ether oxygens (including phenoxy) is 1. The first-order chi connectivity index (χ1) is 11.1. The van der Waals surface area contributed by atoms with Gasteiger partial charge in [-0.05, 0) is 49.2 Å². The number of nitrogens with zero attached hydrogens (tertiary/aromatic N) is 2. The highest BCUT2D eigenvalue weighted by molar-refractivity contribution is 5.94. The Labute approximate surface area is 133 Å². The molecule has 1 aliphatic rings. The second-order valence-corrected chi connectivity index (χ2v) is 5.38. The third-order valence-electron chi connectivity index (χ3n) is 3.78. The first-order valence-electron chi connectivity index (χ1n) is 7.45. The molecule has 0 bridgehead atoms. The Kier molecular flexibility index (Phi) is 4.23. The summed E-state index contributed by atoms with van der Waals surface area (Å²) in [6.45, 7) is 1.64. The molecular weight excluding hydrogens is 296 g/mol. The van der Waals surface area contributed by atoms with Gasteiger partial charge in [-0.25, -0.2) is 0 Å². The van der Waals surface area contributed by atoms with Crippen LogP contribution in [0.4, 0.5) is 5.69 Å². The largest absolute Gasteiger partial charge is 0.457 e. The van der Waals surface area contributed by atoms with Gasteiger partial charge in [-0.1, -0.05) is 0 Å². The standard InChI is InChI=1S/C17H16N2O4/c20-17(18-11-1-2-12-18)13-3-7-15(8-4-13)23-16-9-5-14(6-10-16)19(21)22/h3-10H,1-2,11-12H2. The second kappa shape index (κ2) is 6.48. The number of benzene rings is 2. The van der Waals surface area contributed by atoms with Crippen molar-refractivity contribution in [3.63, 3.8) is 0 Å². The van der Waals surface area contributed by atoms with Crippen LogP contribution in [-0.2, 0) is 0 Å². The maximum Gasteiger partial charge on any atom is 0.269 e. The van der Waals surface area contributed by atoms with Gasteiger partial charge in [-0.2, -0.15) is 0 Å². The van der Waals surface area contributed by atoms with E-state index in [4.69, 9.17) is 4.74 Å². The molecule has 0 radical (unpaired) electrons. The zero-order valence-electron chi connectivity index (χ0n) is 12.5. The smallest absolute Gasteiger partial charge is 0.269 e. The van der Waals surface area contributed by atoms with Crippen molar-refractivity contribution in [2.45, 2.75) is 12.8 Å². The normalized spacial score (nSPS) is 13.8. The Balaban J connectivity index is 1.67. The van der Waals surface area contributed by atoms with Crippen molar-refractivity contribution >= 4 is 11.6 Å². The van der Waals surface area contributed by atoms with E-state index in [1.165, 1.54) is 12.1 Å². The second-order valence-electron chi connectivity index (χ2n) is 5.38. The number of carbonyl (C=O) groups excluding carboxylic acids is 1. The highest BCUT2D eigenvalue weighted by atomic mass is 16.6. The summed E-state index contributed by atoms with van der Waals surface area (Å²) in [7, 11) is 0. The summed E-state index contributed by atoms with van der Waals surface area (Å²) in [4.78, 5) is 24.2. The van der Waals surface area contributed by atoms with Crippen LogP contribution < -0.4 is 4.74 Å². The van der Waals surface area contributed by atoms with Gasteiger partial charge in [0, 0.05) is 30.8 Å². The maximum absolute atomic E-state index is 12.2. The highest BCUT2D eigenvalue weighted by Crippen LogP contribution is 2.24. The molecule has 0 aliphatic carbocycles. The van der Waals surface area contributed by atoms with E-state index < -0.39 is 4.92 Å². The number of likely N-dealkylation sites (tertiary alicyclic amines) is 1. The van der Waals surface area contributed by atoms with E-state index >= 15 is 0 Å². The maximum atomic E-state index is 12.2. The minimum atomic E-state index is -0.456. The van der Waals surface area contributed by atoms with Crippen LogP contribution in [0.5, 0.6) is 11.5 Å². The fourth-order valence-corrected chi connectivity index (χ4v) is 2.54. The van der Waals surface area contributed by atoms with Gasteiger partial charge in [-0.3, -0.25) is 14.9 Å². The monoisotopic (exact) mass is 312 g/mol. The van der Waals surface area contributed by atoms with E-state index in [1.807, 2.05) is 4.90 Å². The lowest BCUT2D eigenvalue weighted by molar-refractivity contribution is -0.384. The molecule has 0 aromatic heterocycles. The van der Waals surface area contributed by atoms with Crippen LogP contribution in [0, 0.1) is 10.1 Å². The van der Waals surface area contributed by atoms with Crippen LogP contribution in [-0.4, -0.2) is 28.8 Å². The molecule has 0 unspecified atom stereocenters. The Hall–Kier alpha value is -2.89. The van der Waals surface area contributed by atoms with Crippen LogP contribution >= 0.6 is 0 Å². The SMILES string of the molecule is O=C(c1ccc(Oc2ccc([N+](=O)[O-])cc2)cc1)N1CCCC1. The topological polar surface area (TPSA) is 72.7 Å². The van der Waals surface area contributed by atoms with Crippen LogP contribution in [0.3, 0.4) is 0 Å². The summed E-state index contributed by atoms with van der Waals surface area (Å²) < 4.78 is 5.63. The summed E-state index contributed by atoms with van der Waals surface area (Å²) in [5.41, 5.74) is 0.659. The molecule has 0 atom stereocenters. The number of amides is 1. The van der Waals surface area contributed by atoms with Crippen molar-refractivity contribution in [1.29, 1.82) is 0 Å². The van der Waals surface area contributed by atoms with Gasteiger partial charge in [0.1, 0.15) is 11.5 Å². The van der Waals surface area contributed by atoms with Crippen molar-refractivity contribution in [2.75, 3.05) is 13.1 Å². The zero-order valence-corrected chi connectivity index (χ0v) is 12.5. The number of hydrogen-bond donors (Lipinski definition) is 0. The van der Waals surface area contributed by atoms with Gasteiger partial charge in [0.15, 0.2) is 0 Å². The van der Waals surface area contributed by atoms with Gasteiger partial charge in [0.05, 0.1) is 4.92 Å². The molecule has 3 rings (SSSR count). The molecule has 2 aromatic carbocycles.